The Bertz CT molecular complexity index is 1300. The molecule has 0 aromatic heterocycles. The highest BCUT2D eigenvalue weighted by atomic mass is 16.5. The first-order valence-corrected chi connectivity index (χ1v) is 12.5. The normalized spacial score (nSPS) is 20.2. The summed E-state index contributed by atoms with van der Waals surface area (Å²) in [6, 6.07) is 21.4. The quantitative estimate of drug-likeness (QED) is 0.546. The fourth-order valence-electron chi connectivity index (χ4n) is 5.32. The molecular weight excluding hydrogens is 448 g/mol. The second-order valence-corrected chi connectivity index (χ2v) is 9.64. The number of hydrogen-bond acceptors (Lipinski definition) is 6. The molecule has 1 atom stereocenters. The van der Waals surface area contributed by atoms with Crippen LogP contribution in [0.25, 0.3) is 11.1 Å². The molecule has 1 unspecified atom stereocenters. The summed E-state index contributed by atoms with van der Waals surface area (Å²) >= 11 is 0. The zero-order valence-electron chi connectivity index (χ0n) is 21.5. The molecular formula is C30H34N4O2. The van der Waals surface area contributed by atoms with Crippen molar-refractivity contribution in [3.05, 3.63) is 88.5 Å². The van der Waals surface area contributed by atoms with Gasteiger partial charge in [0.25, 0.3) is 0 Å². The maximum Gasteiger partial charge on any atom is 0.204 e. The minimum Gasteiger partial charge on any atom is -0.496 e. The second-order valence-electron chi connectivity index (χ2n) is 9.64. The van der Waals surface area contributed by atoms with Gasteiger partial charge in [-0.3, -0.25) is 4.90 Å². The Hall–Kier alpha value is -3.48. The highest BCUT2D eigenvalue weighted by Crippen LogP contribution is 2.42. The van der Waals surface area contributed by atoms with Gasteiger partial charge in [0, 0.05) is 30.8 Å². The van der Waals surface area contributed by atoms with Crippen LogP contribution in [-0.2, 0) is 16.9 Å². The van der Waals surface area contributed by atoms with Gasteiger partial charge in [-0.05, 0) is 66.8 Å². The van der Waals surface area contributed by atoms with Crippen LogP contribution in [0.1, 0.15) is 34.7 Å². The van der Waals surface area contributed by atoms with E-state index in [0.717, 1.165) is 72.1 Å². The Morgan fingerprint density at radius 1 is 0.917 bits per heavy atom. The molecule has 1 saturated heterocycles. The minimum absolute atomic E-state index is 0.472. The lowest BCUT2D eigenvalue weighted by Gasteiger charge is -2.28. The number of nitrogens with zero attached hydrogens (tertiary/aromatic N) is 3. The molecule has 0 bridgehead atoms. The predicted molar refractivity (Wildman–Crippen MR) is 146 cm³/mol. The second kappa shape index (κ2) is 9.88. The van der Waals surface area contributed by atoms with Crippen molar-refractivity contribution in [3.63, 3.8) is 0 Å². The third-order valence-electron chi connectivity index (χ3n) is 7.14. The van der Waals surface area contributed by atoms with Gasteiger partial charge in [0.05, 0.1) is 26.0 Å². The standard InChI is InChI=1S/C30H34N4O2/c1-20-16-26(17-21(2)28(20)35-4)30(32-22(3)29(31)33-30)25-10-7-9-23(18-25)27-11-6-5-8-24(27)19-34-12-14-36-15-13-34/h5-11,16-18H,12-15,19H2,1-4H3,(H2,31,33). The van der Waals surface area contributed by atoms with Crippen molar-refractivity contribution in [1.82, 2.24) is 4.90 Å². The number of methoxy groups -OCH3 is 1. The molecule has 2 N–H and O–H groups in total. The lowest BCUT2D eigenvalue weighted by atomic mass is 9.87. The summed E-state index contributed by atoms with van der Waals surface area (Å²) < 4.78 is 11.2. The molecule has 1 fully saturated rings. The van der Waals surface area contributed by atoms with Gasteiger partial charge in [0.15, 0.2) is 0 Å². The summed E-state index contributed by atoms with van der Waals surface area (Å²) in [7, 11) is 1.70. The van der Waals surface area contributed by atoms with Crippen molar-refractivity contribution in [3.8, 4) is 16.9 Å². The van der Waals surface area contributed by atoms with Crippen molar-refractivity contribution < 1.29 is 9.47 Å². The first-order valence-electron chi connectivity index (χ1n) is 12.5. The fourth-order valence-corrected chi connectivity index (χ4v) is 5.32. The van der Waals surface area contributed by atoms with Crippen LogP contribution in [-0.4, -0.2) is 49.9 Å². The zero-order chi connectivity index (χ0) is 25.3. The SMILES string of the molecule is COc1c(C)cc(C2(c3cccc(-c4ccccc4CN4CCOCC4)c3)N=C(C)C(N)=N2)cc1C. The van der Waals surface area contributed by atoms with Crippen LogP contribution in [0, 0.1) is 13.8 Å². The van der Waals surface area contributed by atoms with Crippen LogP contribution in [0.5, 0.6) is 5.75 Å². The lowest BCUT2D eigenvalue weighted by molar-refractivity contribution is 0.0342. The predicted octanol–water partition coefficient (Wildman–Crippen LogP) is 4.84. The molecule has 186 valence electrons. The Morgan fingerprint density at radius 2 is 1.64 bits per heavy atom. The topological polar surface area (TPSA) is 72.4 Å². The van der Waals surface area contributed by atoms with Crippen LogP contribution in [0.2, 0.25) is 0 Å². The fraction of sp³-hybridized carbons (Fsp3) is 0.333. The van der Waals surface area contributed by atoms with Crippen LogP contribution in [0.15, 0.2) is 70.6 Å². The Morgan fingerprint density at radius 3 is 2.31 bits per heavy atom. The first kappa shape index (κ1) is 24.2. The van der Waals surface area contributed by atoms with E-state index in [1.165, 1.54) is 11.1 Å². The first-order chi connectivity index (χ1) is 17.4. The van der Waals surface area contributed by atoms with Crippen molar-refractivity contribution in [1.29, 1.82) is 0 Å². The molecule has 6 heteroatoms. The molecule has 0 aliphatic carbocycles. The number of amidine groups is 1. The molecule has 6 nitrogen and oxygen atoms in total. The monoisotopic (exact) mass is 482 g/mol. The Kier molecular flexibility index (Phi) is 6.65. The molecule has 3 aromatic rings. The van der Waals surface area contributed by atoms with E-state index in [0.29, 0.717) is 5.84 Å². The molecule has 36 heavy (non-hydrogen) atoms. The van der Waals surface area contributed by atoms with Gasteiger partial charge in [-0.25, -0.2) is 9.98 Å². The van der Waals surface area contributed by atoms with Gasteiger partial charge in [0.2, 0.25) is 5.66 Å². The molecule has 2 aliphatic heterocycles. The van der Waals surface area contributed by atoms with Gasteiger partial charge < -0.3 is 15.2 Å². The summed E-state index contributed by atoms with van der Waals surface area (Å²) in [5, 5.41) is 0. The molecule has 2 aliphatic rings. The van der Waals surface area contributed by atoms with E-state index in [9.17, 15) is 0 Å². The summed E-state index contributed by atoms with van der Waals surface area (Å²) in [5.74, 6) is 1.36. The molecule has 5 rings (SSSR count). The van der Waals surface area contributed by atoms with Gasteiger partial charge >= 0.3 is 0 Å². The van der Waals surface area contributed by atoms with Crippen LogP contribution in [0.4, 0.5) is 0 Å². The number of rotatable bonds is 6. The van der Waals surface area contributed by atoms with Gasteiger partial charge in [-0.15, -0.1) is 0 Å². The average molecular weight is 483 g/mol. The van der Waals surface area contributed by atoms with Crippen molar-refractivity contribution in [2.75, 3.05) is 33.4 Å². The summed E-state index contributed by atoms with van der Waals surface area (Å²) in [5.41, 5.74) is 13.9. The Balaban J connectivity index is 1.61. The van der Waals surface area contributed by atoms with Crippen molar-refractivity contribution >= 4 is 11.5 Å². The zero-order valence-corrected chi connectivity index (χ0v) is 21.5. The Labute approximate surface area is 213 Å². The van der Waals surface area contributed by atoms with Gasteiger partial charge in [0.1, 0.15) is 11.6 Å². The van der Waals surface area contributed by atoms with Crippen LogP contribution >= 0.6 is 0 Å². The summed E-state index contributed by atoms with van der Waals surface area (Å²) in [6.45, 7) is 10.4. The van der Waals surface area contributed by atoms with Crippen molar-refractivity contribution in [2.45, 2.75) is 33.0 Å². The molecule has 3 aromatic carbocycles. The van der Waals surface area contributed by atoms with Crippen LogP contribution in [0.3, 0.4) is 0 Å². The molecule has 0 amide bonds. The number of aryl methyl sites for hydroxylation is 2. The smallest absolute Gasteiger partial charge is 0.204 e. The number of nitrogens with two attached hydrogens (primary N) is 1. The number of hydrogen-bond donors (Lipinski definition) is 1. The van der Waals surface area contributed by atoms with E-state index < -0.39 is 5.66 Å². The summed E-state index contributed by atoms with van der Waals surface area (Å²) in [6.07, 6.45) is 0. The molecule has 0 spiro atoms. The van der Waals surface area contributed by atoms with E-state index in [1.54, 1.807) is 7.11 Å². The summed E-state index contributed by atoms with van der Waals surface area (Å²) in [4.78, 5) is 12.5. The number of ether oxygens (including phenoxy) is 2. The van der Waals surface area contributed by atoms with E-state index in [1.807, 2.05) is 6.92 Å². The molecule has 2 heterocycles. The van der Waals surface area contributed by atoms with Gasteiger partial charge in [-0.1, -0.05) is 42.5 Å². The highest BCUT2D eigenvalue weighted by Gasteiger charge is 2.39. The van der Waals surface area contributed by atoms with E-state index in [4.69, 9.17) is 25.2 Å². The van der Waals surface area contributed by atoms with Gasteiger partial charge in [-0.2, -0.15) is 0 Å². The van der Waals surface area contributed by atoms with E-state index in [-0.39, 0.29) is 0 Å². The third-order valence-corrected chi connectivity index (χ3v) is 7.14. The van der Waals surface area contributed by atoms with Crippen LogP contribution < -0.4 is 10.5 Å². The lowest BCUT2D eigenvalue weighted by Crippen LogP contribution is -2.35. The van der Waals surface area contributed by atoms with Crippen molar-refractivity contribution in [2.24, 2.45) is 15.7 Å². The average Bonchev–Trinajstić information content (AvgIpc) is 3.20. The highest BCUT2D eigenvalue weighted by molar-refractivity contribution is 6.41. The largest absolute Gasteiger partial charge is 0.496 e. The number of benzene rings is 3. The van der Waals surface area contributed by atoms with E-state index in [2.05, 4.69) is 79.4 Å². The number of morpholine rings is 1. The molecule has 0 radical (unpaired) electrons. The maximum atomic E-state index is 6.32. The number of aliphatic imine (C=N–C) groups is 2. The molecule has 0 saturated carbocycles. The minimum atomic E-state index is -0.925. The third kappa shape index (κ3) is 4.43. The maximum absolute atomic E-state index is 6.32. The van der Waals surface area contributed by atoms with E-state index >= 15 is 0 Å².